The van der Waals surface area contributed by atoms with Gasteiger partial charge in [-0.15, -0.1) is 0 Å². The summed E-state index contributed by atoms with van der Waals surface area (Å²) in [5.74, 6) is -0.318. The molecule has 1 unspecified atom stereocenters. The maximum absolute atomic E-state index is 14.4. The van der Waals surface area contributed by atoms with Crippen LogP contribution in [0, 0.1) is 11.6 Å². The molecular weight excluding hydrogens is 502 g/mol. The van der Waals surface area contributed by atoms with Gasteiger partial charge in [-0.3, -0.25) is 9.11 Å². The Kier molecular flexibility index (Phi) is 6.83. The summed E-state index contributed by atoms with van der Waals surface area (Å²) in [5, 5.41) is 16.8. The van der Waals surface area contributed by atoms with Crippen molar-refractivity contribution in [1.29, 1.82) is 0 Å². The van der Waals surface area contributed by atoms with Crippen molar-refractivity contribution >= 4 is 33.6 Å². The number of aromatic nitrogens is 3. The first-order chi connectivity index (χ1) is 16.8. The van der Waals surface area contributed by atoms with Crippen LogP contribution in [0.3, 0.4) is 0 Å². The number of carbonyl (C=O) groups is 1. The molecule has 5 rings (SSSR count). The van der Waals surface area contributed by atoms with Crippen LogP contribution in [0.15, 0.2) is 36.7 Å². The molecule has 3 aromatic rings. The number of nitrogens with zero attached hydrogens (tertiary/aromatic N) is 5. The standard InChI is InChI=1S/C21H22F2N6O2.H2O4S/c1-21(31)11-27(12-21)20(30)25-16-10-24-29-8-6-18(26-19(16)29)28-7-2-3-17(28)14-9-13(22)4-5-15(14)23;1-5(2,3)4/h4-6,8-10,17,31H,2-3,7,11-12H2,1H3,(H,25,30);(H2,1,2,3,4). The van der Waals surface area contributed by atoms with Crippen LogP contribution in [0.4, 0.5) is 25.1 Å². The monoisotopic (exact) mass is 526 g/mol. The fraction of sp³-hybridized carbons (Fsp3) is 0.381. The van der Waals surface area contributed by atoms with E-state index in [9.17, 15) is 18.7 Å². The van der Waals surface area contributed by atoms with E-state index < -0.39 is 27.6 Å². The molecule has 0 radical (unpaired) electrons. The van der Waals surface area contributed by atoms with E-state index in [2.05, 4.69) is 15.4 Å². The van der Waals surface area contributed by atoms with Gasteiger partial charge in [-0.25, -0.2) is 23.1 Å². The van der Waals surface area contributed by atoms with Gasteiger partial charge in [-0.05, 0) is 44.0 Å². The molecule has 0 aliphatic carbocycles. The predicted molar refractivity (Wildman–Crippen MR) is 124 cm³/mol. The maximum Gasteiger partial charge on any atom is 0.394 e. The van der Waals surface area contributed by atoms with Gasteiger partial charge in [-0.2, -0.15) is 13.5 Å². The SMILES string of the molecule is CC1(O)CN(C(=O)Nc2cnn3ccc(N4CCCC4c4cc(F)ccc4F)nc23)C1.O=S(=O)(O)O. The topological polar surface area (TPSA) is 161 Å². The zero-order valence-electron chi connectivity index (χ0n) is 19.0. The number of fused-ring (bicyclic) bond motifs is 1. The third-order valence-corrected chi connectivity index (χ3v) is 5.81. The summed E-state index contributed by atoms with van der Waals surface area (Å²) in [4.78, 5) is 20.5. The van der Waals surface area contributed by atoms with Crippen LogP contribution >= 0.6 is 0 Å². The zero-order chi connectivity index (χ0) is 26.3. The van der Waals surface area contributed by atoms with E-state index in [1.807, 2.05) is 4.90 Å². The minimum absolute atomic E-state index is 0.255. The first kappa shape index (κ1) is 25.7. The van der Waals surface area contributed by atoms with E-state index in [1.54, 1.807) is 23.7 Å². The molecule has 2 saturated heterocycles. The number of aliphatic hydroxyl groups is 1. The molecule has 194 valence electrons. The van der Waals surface area contributed by atoms with Gasteiger partial charge in [0.15, 0.2) is 5.65 Å². The van der Waals surface area contributed by atoms with Gasteiger partial charge in [0.2, 0.25) is 0 Å². The number of hydrogen-bond donors (Lipinski definition) is 4. The number of benzene rings is 1. The van der Waals surface area contributed by atoms with E-state index in [1.165, 1.54) is 17.2 Å². The maximum atomic E-state index is 14.4. The van der Waals surface area contributed by atoms with Crippen molar-refractivity contribution in [1.82, 2.24) is 19.5 Å². The van der Waals surface area contributed by atoms with Crippen molar-refractivity contribution in [2.75, 3.05) is 29.9 Å². The summed E-state index contributed by atoms with van der Waals surface area (Å²) in [5.41, 5.74) is 0.335. The Morgan fingerprint density at radius 2 is 1.92 bits per heavy atom. The molecule has 15 heteroatoms. The number of halogens is 2. The van der Waals surface area contributed by atoms with E-state index in [-0.39, 0.29) is 25.2 Å². The Balaban J connectivity index is 0.000000556. The van der Waals surface area contributed by atoms with Crippen LogP contribution in [-0.4, -0.2) is 73.4 Å². The second-order valence-electron chi connectivity index (χ2n) is 8.86. The molecule has 12 nitrogen and oxygen atoms in total. The minimum Gasteiger partial charge on any atom is -0.386 e. The number of hydrogen-bond acceptors (Lipinski definition) is 7. The van der Waals surface area contributed by atoms with Gasteiger partial charge in [0.05, 0.1) is 30.9 Å². The highest BCUT2D eigenvalue weighted by atomic mass is 32.3. The number of urea groups is 1. The van der Waals surface area contributed by atoms with Crippen molar-refractivity contribution in [3.8, 4) is 0 Å². The van der Waals surface area contributed by atoms with E-state index >= 15 is 0 Å². The lowest BCUT2D eigenvalue weighted by Gasteiger charge is -2.43. The molecule has 2 amide bonds. The Morgan fingerprint density at radius 3 is 2.58 bits per heavy atom. The molecule has 2 aromatic heterocycles. The number of β-amino-alcohol motifs (C(OH)–C–C–N with tert-alkyl or cyclic N) is 1. The van der Waals surface area contributed by atoms with Gasteiger partial charge in [0.1, 0.15) is 23.1 Å². The van der Waals surface area contributed by atoms with Crippen molar-refractivity contribution in [3.05, 3.63) is 53.9 Å². The molecule has 1 atom stereocenters. The third-order valence-electron chi connectivity index (χ3n) is 5.81. The van der Waals surface area contributed by atoms with Gasteiger partial charge < -0.3 is 20.2 Å². The molecule has 2 aliphatic heterocycles. The molecule has 0 saturated carbocycles. The average Bonchev–Trinajstić information content (AvgIpc) is 3.39. The summed E-state index contributed by atoms with van der Waals surface area (Å²) in [6.07, 6.45) is 4.74. The lowest BCUT2D eigenvalue weighted by Crippen LogP contribution is -2.62. The molecule has 4 heterocycles. The first-order valence-corrected chi connectivity index (χ1v) is 12.2. The normalized spacial score (nSPS) is 19.0. The van der Waals surface area contributed by atoms with Crippen LogP contribution in [0.25, 0.3) is 5.65 Å². The van der Waals surface area contributed by atoms with Crippen molar-refractivity contribution in [2.45, 2.75) is 31.4 Å². The first-order valence-electron chi connectivity index (χ1n) is 10.8. The number of anilines is 2. The molecule has 0 spiro atoms. The number of likely N-dealkylation sites (tertiary alicyclic amines) is 1. The Bertz CT molecular complexity index is 1380. The van der Waals surface area contributed by atoms with E-state index in [0.717, 1.165) is 18.6 Å². The molecule has 0 bridgehead atoms. The van der Waals surface area contributed by atoms with E-state index in [4.69, 9.17) is 17.5 Å². The van der Waals surface area contributed by atoms with Crippen molar-refractivity contribution in [3.63, 3.8) is 0 Å². The molecule has 4 N–H and O–H groups in total. The smallest absolute Gasteiger partial charge is 0.386 e. The largest absolute Gasteiger partial charge is 0.394 e. The lowest BCUT2D eigenvalue weighted by molar-refractivity contribution is -0.0581. The highest BCUT2D eigenvalue weighted by Gasteiger charge is 2.39. The molecule has 1 aromatic carbocycles. The zero-order valence-corrected chi connectivity index (χ0v) is 19.9. The Morgan fingerprint density at radius 1 is 1.22 bits per heavy atom. The van der Waals surface area contributed by atoms with Gasteiger partial charge in [0.25, 0.3) is 0 Å². The van der Waals surface area contributed by atoms with Crippen LogP contribution in [0.5, 0.6) is 0 Å². The third kappa shape index (κ3) is 5.87. The molecule has 2 aliphatic rings. The van der Waals surface area contributed by atoms with Gasteiger partial charge >= 0.3 is 16.4 Å². The number of nitrogens with one attached hydrogen (secondary N) is 1. The Hall–Kier alpha value is -3.40. The lowest BCUT2D eigenvalue weighted by atomic mass is 9.98. The highest BCUT2D eigenvalue weighted by molar-refractivity contribution is 7.79. The average molecular weight is 527 g/mol. The summed E-state index contributed by atoms with van der Waals surface area (Å²) < 4.78 is 61.3. The second kappa shape index (κ2) is 9.57. The number of amides is 2. The number of rotatable bonds is 3. The van der Waals surface area contributed by atoms with E-state index in [0.29, 0.717) is 35.7 Å². The van der Waals surface area contributed by atoms with Crippen LogP contribution < -0.4 is 10.2 Å². The van der Waals surface area contributed by atoms with Crippen molar-refractivity contribution < 1.29 is 36.2 Å². The molecule has 36 heavy (non-hydrogen) atoms. The summed E-state index contributed by atoms with van der Waals surface area (Å²) in [6.45, 7) is 2.84. The quantitative estimate of drug-likeness (QED) is 0.375. The fourth-order valence-corrected chi connectivity index (χ4v) is 4.36. The summed E-state index contributed by atoms with van der Waals surface area (Å²) in [6, 6.07) is 4.61. The molecule has 2 fully saturated rings. The summed E-state index contributed by atoms with van der Waals surface area (Å²) in [7, 11) is -4.67. The Labute approximate surface area is 204 Å². The second-order valence-corrected chi connectivity index (χ2v) is 9.76. The van der Waals surface area contributed by atoms with Crippen molar-refractivity contribution in [2.24, 2.45) is 0 Å². The summed E-state index contributed by atoms with van der Waals surface area (Å²) >= 11 is 0. The van der Waals surface area contributed by atoms with Crippen LogP contribution in [0.1, 0.15) is 31.4 Å². The number of carbonyl (C=O) groups excluding carboxylic acids is 1. The van der Waals surface area contributed by atoms with Crippen LogP contribution in [0.2, 0.25) is 0 Å². The minimum atomic E-state index is -4.67. The fourth-order valence-electron chi connectivity index (χ4n) is 4.36. The van der Waals surface area contributed by atoms with Gasteiger partial charge in [-0.1, -0.05) is 0 Å². The predicted octanol–water partition coefficient (Wildman–Crippen LogP) is 2.29. The van der Waals surface area contributed by atoms with Gasteiger partial charge in [0, 0.05) is 18.3 Å². The highest BCUT2D eigenvalue weighted by Crippen LogP contribution is 2.37. The molecular formula is C21H24F2N6O6S. The van der Waals surface area contributed by atoms with Crippen LogP contribution in [-0.2, 0) is 10.4 Å².